The molecule has 0 aliphatic carbocycles. The quantitative estimate of drug-likeness (QED) is 0.524. The number of carboxylic acid groups (broad SMARTS) is 1. The summed E-state index contributed by atoms with van der Waals surface area (Å²) in [6, 6.07) is 0. The lowest BCUT2D eigenvalue weighted by Gasteiger charge is -2.18. The predicted octanol–water partition coefficient (Wildman–Crippen LogP) is -0.920. The van der Waals surface area contributed by atoms with E-state index in [2.05, 4.69) is 5.32 Å². The van der Waals surface area contributed by atoms with Crippen molar-refractivity contribution in [2.24, 2.45) is 5.92 Å². The van der Waals surface area contributed by atoms with Gasteiger partial charge in [-0.05, 0) is 12.8 Å². The fourth-order valence-electron chi connectivity index (χ4n) is 1.18. The average molecular weight is 191 g/mol. The van der Waals surface area contributed by atoms with E-state index in [1.165, 1.54) is 0 Å². The lowest BCUT2D eigenvalue weighted by Crippen LogP contribution is -2.41. The number of carboxylic acids is 1. The molecule has 1 unspecified atom stereocenters. The first-order valence-electron chi connectivity index (χ1n) is 3.55. The third kappa shape index (κ3) is 1.83. The second-order valence-corrected chi connectivity index (χ2v) is 3.47. The van der Waals surface area contributed by atoms with E-state index in [4.69, 9.17) is 5.11 Å². The Labute approximate surface area is 70.9 Å². The number of rotatable bonds is 1. The highest BCUT2D eigenvalue weighted by Crippen LogP contribution is 2.11. The molecular formula is C6H9NO4S. The minimum absolute atomic E-state index is 0.0891. The summed E-state index contributed by atoms with van der Waals surface area (Å²) in [6.07, 6.45) is 1.09. The zero-order chi connectivity index (χ0) is 9.14. The van der Waals surface area contributed by atoms with Crippen LogP contribution in [-0.4, -0.2) is 31.0 Å². The minimum atomic E-state index is -2.43. The van der Waals surface area contributed by atoms with E-state index in [-0.39, 0.29) is 4.99 Å². The number of aliphatic carboxylic acids is 1. The maximum Gasteiger partial charge on any atom is 0.313 e. The summed E-state index contributed by atoms with van der Waals surface area (Å²) in [4.78, 5) is 10.4. The van der Waals surface area contributed by atoms with Gasteiger partial charge in [-0.15, -0.1) is 0 Å². The van der Waals surface area contributed by atoms with Crippen LogP contribution in [-0.2, 0) is 15.1 Å². The van der Waals surface area contributed by atoms with Gasteiger partial charge in [-0.2, -0.15) is 8.42 Å². The number of hydrogen-bond donors (Lipinski definition) is 2. The summed E-state index contributed by atoms with van der Waals surface area (Å²) in [5.41, 5.74) is 0. The Morgan fingerprint density at radius 2 is 2.25 bits per heavy atom. The zero-order valence-electron chi connectivity index (χ0n) is 6.28. The second-order valence-electron chi connectivity index (χ2n) is 2.56. The normalized spacial score (nSPS) is 23.7. The van der Waals surface area contributed by atoms with Crippen molar-refractivity contribution in [3.05, 3.63) is 0 Å². The van der Waals surface area contributed by atoms with Crippen molar-refractivity contribution in [1.82, 2.24) is 5.32 Å². The smallest absolute Gasteiger partial charge is 0.313 e. The highest BCUT2D eigenvalue weighted by atomic mass is 32.2. The Morgan fingerprint density at radius 1 is 1.58 bits per heavy atom. The molecule has 0 spiro atoms. The SMILES string of the molecule is O=C(O)C1CCCNC1=S(=O)=O. The van der Waals surface area contributed by atoms with Gasteiger partial charge < -0.3 is 5.11 Å². The van der Waals surface area contributed by atoms with Crippen LogP contribution < -0.4 is 5.32 Å². The standard InChI is InChI=1S/C6H9NO4S/c8-6(9)4-2-1-3-7-5(4)12(10)11/h4,7H,1-3H2,(H,8,9). The maximum atomic E-state index is 10.5. The fraction of sp³-hybridized carbons (Fsp3) is 0.667. The summed E-state index contributed by atoms with van der Waals surface area (Å²) >= 11 is 0. The van der Waals surface area contributed by atoms with E-state index in [0.29, 0.717) is 19.4 Å². The zero-order valence-corrected chi connectivity index (χ0v) is 7.10. The molecule has 0 saturated carbocycles. The third-order valence-corrected chi connectivity index (χ3v) is 2.55. The van der Waals surface area contributed by atoms with Gasteiger partial charge in [0.25, 0.3) is 0 Å². The van der Waals surface area contributed by atoms with Crippen molar-refractivity contribution in [3.8, 4) is 0 Å². The van der Waals surface area contributed by atoms with Crippen molar-refractivity contribution in [2.75, 3.05) is 6.54 Å². The van der Waals surface area contributed by atoms with Gasteiger partial charge in [0.15, 0.2) is 0 Å². The largest absolute Gasteiger partial charge is 0.481 e. The molecule has 0 amide bonds. The van der Waals surface area contributed by atoms with E-state index < -0.39 is 22.2 Å². The van der Waals surface area contributed by atoms with Crippen LogP contribution >= 0.6 is 0 Å². The van der Waals surface area contributed by atoms with E-state index in [9.17, 15) is 13.2 Å². The number of piperidine rings is 1. The molecule has 2 N–H and O–H groups in total. The lowest BCUT2D eigenvalue weighted by atomic mass is 10.0. The molecule has 68 valence electrons. The molecule has 0 aromatic carbocycles. The van der Waals surface area contributed by atoms with Crippen molar-refractivity contribution in [2.45, 2.75) is 12.8 Å². The number of nitrogens with one attached hydrogen (secondary N) is 1. The molecule has 6 heteroatoms. The molecule has 1 heterocycles. The predicted molar refractivity (Wildman–Crippen MR) is 42.3 cm³/mol. The van der Waals surface area contributed by atoms with Crippen molar-refractivity contribution in [1.29, 1.82) is 0 Å². The highest BCUT2D eigenvalue weighted by molar-refractivity contribution is 7.73. The van der Waals surface area contributed by atoms with Crippen molar-refractivity contribution >= 4 is 21.3 Å². The first-order valence-corrected chi connectivity index (χ1v) is 4.63. The summed E-state index contributed by atoms with van der Waals surface area (Å²) in [6.45, 7) is 0.535. The molecule has 1 aliphatic heterocycles. The highest BCUT2D eigenvalue weighted by Gasteiger charge is 2.27. The van der Waals surface area contributed by atoms with E-state index in [1.54, 1.807) is 0 Å². The van der Waals surface area contributed by atoms with Gasteiger partial charge in [-0.3, -0.25) is 10.1 Å². The van der Waals surface area contributed by atoms with Gasteiger partial charge >= 0.3 is 5.97 Å². The summed E-state index contributed by atoms with van der Waals surface area (Å²) in [7, 11) is -2.43. The number of hydrogen-bond acceptors (Lipinski definition) is 3. The maximum absolute atomic E-state index is 10.5. The van der Waals surface area contributed by atoms with Crippen LogP contribution in [0.15, 0.2) is 0 Å². The molecule has 1 fully saturated rings. The second kappa shape index (κ2) is 3.68. The molecule has 1 rings (SSSR count). The topological polar surface area (TPSA) is 83.5 Å². The van der Waals surface area contributed by atoms with E-state index in [0.717, 1.165) is 0 Å². The molecule has 12 heavy (non-hydrogen) atoms. The Morgan fingerprint density at radius 3 is 2.67 bits per heavy atom. The molecular weight excluding hydrogens is 182 g/mol. The van der Waals surface area contributed by atoms with Gasteiger partial charge in [0.05, 0.1) is 0 Å². The van der Waals surface area contributed by atoms with Gasteiger partial charge in [-0.25, -0.2) is 0 Å². The van der Waals surface area contributed by atoms with Crippen LogP contribution in [0.25, 0.3) is 0 Å². The molecule has 0 aromatic heterocycles. The van der Waals surface area contributed by atoms with Crippen LogP contribution in [0.3, 0.4) is 0 Å². The summed E-state index contributed by atoms with van der Waals surface area (Å²) in [5, 5.41) is 11.2. The van der Waals surface area contributed by atoms with Crippen LogP contribution in [0.1, 0.15) is 12.8 Å². The monoisotopic (exact) mass is 191 g/mol. The van der Waals surface area contributed by atoms with Gasteiger partial charge in [0.1, 0.15) is 10.9 Å². The van der Waals surface area contributed by atoms with Gasteiger partial charge in [-0.1, -0.05) is 0 Å². The average Bonchev–Trinajstić information content (AvgIpc) is 2.04. The lowest BCUT2D eigenvalue weighted by molar-refractivity contribution is -0.139. The summed E-state index contributed by atoms with van der Waals surface area (Å²) in [5.74, 6) is -1.96. The Bertz CT molecular complexity index is 310. The fourth-order valence-corrected chi connectivity index (χ4v) is 1.85. The van der Waals surface area contributed by atoms with Crippen LogP contribution in [0.5, 0.6) is 0 Å². The molecule has 0 bridgehead atoms. The third-order valence-electron chi connectivity index (χ3n) is 1.76. The van der Waals surface area contributed by atoms with Crippen molar-refractivity contribution in [3.63, 3.8) is 0 Å². The van der Waals surface area contributed by atoms with Crippen LogP contribution in [0, 0.1) is 5.92 Å². The Hall–Kier alpha value is -0.880. The van der Waals surface area contributed by atoms with E-state index >= 15 is 0 Å². The molecule has 0 aromatic rings. The number of carbonyl (C=O) groups is 1. The molecule has 1 saturated heterocycles. The van der Waals surface area contributed by atoms with Gasteiger partial charge in [0.2, 0.25) is 10.3 Å². The van der Waals surface area contributed by atoms with Gasteiger partial charge in [0, 0.05) is 6.54 Å². The van der Waals surface area contributed by atoms with Crippen molar-refractivity contribution < 1.29 is 18.3 Å². The first-order chi connectivity index (χ1) is 5.63. The Balaban J connectivity index is 2.97. The molecule has 5 nitrogen and oxygen atoms in total. The molecule has 0 radical (unpaired) electrons. The summed E-state index contributed by atoms with van der Waals surface area (Å²) < 4.78 is 21.0. The van der Waals surface area contributed by atoms with Crippen LogP contribution in [0.4, 0.5) is 0 Å². The minimum Gasteiger partial charge on any atom is -0.481 e. The van der Waals surface area contributed by atoms with Crippen LogP contribution in [0.2, 0.25) is 0 Å². The first kappa shape index (κ1) is 9.21. The van der Waals surface area contributed by atoms with E-state index in [1.807, 2.05) is 0 Å². The Kier molecular flexibility index (Phi) is 2.83. The molecule has 1 aliphatic rings. The molecule has 1 atom stereocenters.